The number of halogens is 2. The Morgan fingerprint density at radius 1 is 1.08 bits per heavy atom. The Labute approximate surface area is 156 Å². The zero-order chi connectivity index (χ0) is 18.7. The molecule has 0 saturated carbocycles. The highest BCUT2D eigenvalue weighted by molar-refractivity contribution is 6.39. The molecule has 1 aliphatic heterocycles. The minimum absolute atomic E-state index is 0.289. The van der Waals surface area contributed by atoms with Crippen LogP contribution in [0.4, 0.5) is 15.8 Å². The molecule has 5 nitrogen and oxygen atoms in total. The van der Waals surface area contributed by atoms with Gasteiger partial charge >= 0.3 is 11.8 Å². The molecule has 1 aliphatic rings. The van der Waals surface area contributed by atoms with E-state index in [4.69, 9.17) is 11.6 Å². The van der Waals surface area contributed by atoms with E-state index in [-0.39, 0.29) is 5.82 Å². The lowest BCUT2D eigenvalue weighted by Crippen LogP contribution is -2.51. The molecule has 0 spiro atoms. The number of hydrogen-bond donors (Lipinski definition) is 1. The number of amides is 2. The third kappa shape index (κ3) is 3.96. The molecule has 1 fully saturated rings. The van der Waals surface area contributed by atoms with Gasteiger partial charge in [-0.05, 0) is 42.8 Å². The second kappa shape index (κ2) is 7.74. The average molecular weight is 376 g/mol. The second-order valence-corrected chi connectivity index (χ2v) is 6.58. The molecule has 26 heavy (non-hydrogen) atoms. The van der Waals surface area contributed by atoms with Crippen LogP contribution in [0.3, 0.4) is 0 Å². The monoisotopic (exact) mass is 375 g/mol. The first-order valence-corrected chi connectivity index (χ1v) is 8.69. The molecular formula is C19H19ClFN3O2. The smallest absolute Gasteiger partial charge is 0.313 e. The van der Waals surface area contributed by atoms with Crippen molar-refractivity contribution in [3.8, 4) is 0 Å². The molecule has 1 heterocycles. The standard InChI is InChI=1S/C19H19ClFN3O2/c1-13-12-14(20)6-7-16(13)22-18(25)19(26)24-10-8-23(9-11-24)17-5-3-2-4-15(17)21/h2-7,12H,8-11H2,1H3,(H,22,25). The van der Waals surface area contributed by atoms with Gasteiger partial charge in [-0.3, -0.25) is 9.59 Å². The van der Waals surface area contributed by atoms with E-state index in [0.29, 0.717) is 42.6 Å². The number of carbonyl (C=O) groups excluding carboxylic acids is 2. The van der Waals surface area contributed by atoms with E-state index in [1.54, 1.807) is 43.3 Å². The van der Waals surface area contributed by atoms with Crippen LogP contribution >= 0.6 is 11.6 Å². The Hall–Kier alpha value is -2.60. The fourth-order valence-corrected chi connectivity index (χ4v) is 3.17. The minimum atomic E-state index is -0.685. The quantitative estimate of drug-likeness (QED) is 0.821. The van der Waals surface area contributed by atoms with Gasteiger partial charge < -0.3 is 15.1 Å². The molecule has 7 heteroatoms. The van der Waals surface area contributed by atoms with Crippen LogP contribution < -0.4 is 10.2 Å². The Balaban J connectivity index is 1.59. The SMILES string of the molecule is Cc1cc(Cl)ccc1NC(=O)C(=O)N1CCN(c2ccccc2F)CC1. The number of nitrogens with one attached hydrogen (secondary N) is 1. The summed E-state index contributed by atoms with van der Waals surface area (Å²) in [6.45, 7) is 3.47. The van der Waals surface area contributed by atoms with Gasteiger partial charge in [0.15, 0.2) is 0 Å². The highest BCUT2D eigenvalue weighted by Crippen LogP contribution is 2.21. The molecular weight excluding hydrogens is 357 g/mol. The van der Waals surface area contributed by atoms with E-state index >= 15 is 0 Å². The number of benzene rings is 2. The lowest BCUT2D eigenvalue weighted by molar-refractivity contribution is -0.143. The van der Waals surface area contributed by atoms with Gasteiger partial charge in [0, 0.05) is 36.9 Å². The number of rotatable bonds is 2. The summed E-state index contributed by atoms with van der Waals surface area (Å²) in [7, 11) is 0. The molecule has 2 aromatic rings. The van der Waals surface area contributed by atoms with E-state index in [9.17, 15) is 14.0 Å². The summed E-state index contributed by atoms with van der Waals surface area (Å²) in [4.78, 5) is 28.0. The number of hydrogen-bond acceptors (Lipinski definition) is 3. The Morgan fingerprint density at radius 3 is 2.42 bits per heavy atom. The summed E-state index contributed by atoms with van der Waals surface area (Å²) in [5, 5.41) is 3.19. The third-order valence-electron chi connectivity index (χ3n) is 4.39. The Bertz CT molecular complexity index is 835. The zero-order valence-corrected chi connectivity index (χ0v) is 15.1. The second-order valence-electron chi connectivity index (χ2n) is 6.14. The van der Waals surface area contributed by atoms with Gasteiger partial charge in [0.25, 0.3) is 0 Å². The van der Waals surface area contributed by atoms with E-state index in [1.807, 2.05) is 4.90 Å². The van der Waals surface area contributed by atoms with E-state index in [2.05, 4.69) is 5.32 Å². The van der Waals surface area contributed by atoms with Crippen molar-refractivity contribution in [3.63, 3.8) is 0 Å². The molecule has 0 bridgehead atoms. The Morgan fingerprint density at radius 2 is 1.77 bits per heavy atom. The zero-order valence-electron chi connectivity index (χ0n) is 14.3. The van der Waals surface area contributed by atoms with Crippen LogP contribution in [0, 0.1) is 12.7 Å². The first-order valence-electron chi connectivity index (χ1n) is 8.31. The number of anilines is 2. The molecule has 3 rings (SSSR count). The number of para-hydroxylation sites is 1. The van der Waals surface area contributed by atoms with Crippen molar-refractivity contribution in [1.82, 2.24) is 4.90 Å². The fraction of sp³-hybridized carbons (Fsp3) is 0.263. The largest absolute Gasteiger partial charge is 0.366 e. The maximum Gasteiger partial charge on any atom is 0.313 e. The van der Waals surface area contributed by atoms with Gasteiger partial charge in [-0.15, -0.1) is 0 Å². The van der Waals surface area contributed by atoms with Crippen molar-refractivity contribution in [2.45, 2.75) is 6.92 Å². The van der Waals surface area contributed by atoms with Crippen molar-refractivity contribution in [2.24, 2.45) is 0 Å². The summed E-state index contributed by atoms with van der Waals surface area (Å²) in [5.41, 5.74) is 1.85. The molecule has 136 valence electrons. The third-order valence-corrected chi connectivity index (χ3v) is 4.63. The van der Waals surface area contributed by atoms with Crippen LogP contribution in [0.15, 0.2) is 42.5 Å². The van der Waals surface area contributed by atoms with Crippen LogP contribution in [0.25, 0.3) is 0 Å². The van der Waals surface area contributed by atoms with Crippen molar-refractivity contribution < 1.29 is 14.0 Å². The minimum Gasteiger partial charge on any atom is -0.366 e. The van der Waals surface area contributed by atoms with Crippen LogP contribution in [0.5, 0.6) is 0 Å². The number of piperazine rings is 1. The fourth-order valence-electron chi connectivity index (χ4n) is 2.95. The average Bonchev–Trinajstić information content (AvgIpc) is 2.64. The topological polar surface area (TPSA) is 52.7 Å². The molecule has 0 aliphatic carbocycles. The molecule has 1 saturated heterocycles. The molecule has 0 atom stereocenters. The molecule has 0 unspecified atom stereocenters. The lowest BCUT2D eigenvalue weighted by Gasteiger charge is -2.35. The summed E-state index contributed by atoms with van der Waals surface area (Å²) < 4.78 is 13.9. The van der Waals surface area contributed by atoms with Crippen LogP contribution in [0.1, 0.15) is 5.56 Å². The predicted molar refractivity (Wildman–Crippen MR) is 100 cm³/mol. The maximum atomic E-state index is 13.9. The number of aryl methyl sites for hydroxylation is 1. The molecule has 0 radical (unpaired) electrons. The molecule has 2 aromatic carbocycles. The van der Waals surface area contributed by atoms with Crippen molar-refractivity contribution in [2.75, 3.05) is 36.4 Å². The summed E-state index contributed by atoms with van der Waals surface area (Å²) in [5.74, 6) is -1.56. The van der Waals surface area contributed by atoms with E-state index in [0.717, 1.165) is 5.56 Å². The molecule has 1 N–H and O–H groups in total. The summed E-state index contributed by atoms with van der Waals surface area (Å²) in [6, 6.07) is 11.6. The first kappa shape index (κ1) is 18.2. The molecule has 2 amide bonds. The van der Waals surface area contributed by atoms with Crippen LogP contribution in [-0.4, -0.2) is 42.9 Å². The normalized spacial score (nSPS) is 14.3. The lowest BCUT2D eigenvalue weighted by atomic mass is 10.2. The van der Waals surface area contributed by atoms with Gasteiger partial charge in [-0.2, -0.15) is 0 Å². The first-order chi connectivity index (χ1) is 12.5. The van der Waals surface area contributed by atoms with Crippen LogP contribution in [0.2, 0.25) is 5.02 Å². The van der Waals surface area contributed by atoms with Crippen molar-refractivity contribution >= 4 is 34.8 Å². The van der Waals surface area contributed by atoms with Gasteiger partial charge in [0.1, 0.15) is 5.82 Å². The maximum absolute atomic E-state index is 13.9. The van der Waals surface area contributed by atoms with E-state index < -0.39 is 11.8 Å². The van der Waals surface area contributed by atoms with Gasteiger partial charge in [0.2, 0.25) is 0 Å². The van der Waals surface area contributed by atoms with E-state index in [1.165, 1.54) is 11.0 Å². The van der Waals surface area contributed by atoms with Crippen LogP contribution in [-0.2, 0) is 9.59 Å². The van der Waals surface area contributed by atoms with Gasteiger partial charge in [-0.25, -0.2) is 4.39 Å². The highest BCUT2D eigenvalue weighted by Gasteiger charge is 2.27. The Kier molecular flexibility index (Phi) is 5.42. The summed E-state index contributed by atoms with van der Waals surface area (Å²) >= 11 is 5.89. The van der Waals surface area contributed by atoms with Crippen molar-refractivity contribution in [1.29, 1.82) is 0 Å². The summed E-state index contributed by atoms with van der Waals surface area (Å²) in [6.07, 6.45) is 0. The number of nitrogens with zero attached hydrogens (tertiary/aromatic N) is 2. The van der Waals surface area contributed by atoms with Crippen molar-refractivity contribution in [3.05, 3.63) is 58.9 Å². The molecule has 0 aromatic heterocycles. The number of carbonyl (C=O) groups is 2. The predicted octanol–water partition coefficient (Wildman–Crippen LogP) is 3.07. The van der Waals surface area contributed by atoms with Gasteiger partial charge in [0.05, 0.1) is 5.69 Å². The highest BCUT2D eigenvalue weighted by atomic mass is 35.5. The van der Waals surface area contributed by atoms with Gasteiger partial charge in [-0.1, -0.05) is 23.7 Å².